The molecule has 1 saturated heterocycles. The van der Waals surface area contributed by atoms with Crippen LogP contribution in [0.3, 0.4) is 0 Å². The average molecular weight is 397 g/mol. The lowest BCUT2D eigenvalue weighted by molar-refractivity contribution is 0.373. The van der Waals surface area contributed by atoms with Crippen LogP contribution >= 0.6 is 0 Å². The van der Waals surface area contributed by atoms with Crippen LogP contribution < -0.4 is 20.3 Å². The van der Waals surface area contributed by atoms with Gasteiger partial charge in [-0.1, -0.05) is 24.3 Å². The number of hydrogen-bond donors (Lipinski definition) is 3. The molecule has 1 heterocycles. The third kappa shape index (κ3) is 6.04. The number of nitrogens with one attached hydrogen (secondary N) is 2. The number of anilines is 1. The maximum absolute atomic E-state index is 9.72. The number of aromatic hydroxyl groups is 1. The summed E-state index contributed by atoms with van der Waals surface area (Å²) in [5, 5.41) is 16.7. The van der Waals surface area contributed by atoms with Gasteiger partial charge in [0, 0.05) is 37.9 Å². The minimum atomic E-state index is 0.164. The number of methoxy groups -OCH3 is 1. The zero-order chi connectivity index (χ0) is 20.5. The smallest absolute Gasteiger partial charge is 0.191 e. The van der Waals surface area contributed by atoms with Gasteiger partial charge in [0.05, 0.1) is 7.11 Å². The fraction of sp³-hybridized carbons (Fsp3) is 0.435. The number of rotatable bonds is 7. The van der Waals surface area contributed by atoms with Crippen molar-refractivity contribution in [1.29, 1.82) is 0 Å². The van der Waals surface area contributed by atoms with E-state index >= 15 is 0 Å². The number of aliphatic imine (C=N–C) groups is 1. The molecule has 3 rings (SSSR count). The topological polar surface area (TPSA) is 69.1 Å². The predicted octanol–water partition coefficient (Wildman–Crippen LogP) is 3.17. The highest BCUT2D eigenvalue weighted by Gasteiger charge is 2.20. The standard InChI is InChI=1S/C23H32N4O2/c1-3-24-23(25-14-11-18-9-10-21(28)22(17-18)29-2)26-19-12-15-27(16-13-19)20-7-5-4-6-8-20/h4-10,17,19,28H,3,11-16H2,1-2H3,(H2,24,25,26). The minimum Gasteiger partial charge on any atom is -0.504 e. The van der Waals surface area contributed by atoms with E-state index in [4.69, 9.17) is 9.73 Å². The fourth-order valence-electron chi connectivity index (χ4n) is 3.61. The Balaban J connectivity index is 1.51. The molecule has 0 aliphatic carbocycles. The van der Waals surface area contributed by atoms with Crippen LogP contribution in [-0.4, -0.2) is 50.4 Å². The summed E-state index contributed by atoms with van der Waals surface area (Å²) >= 11 is 0. The monoisotopic (exact) mass is 396 g/mol. The molecule has 2 aromatic carbocycles. The maximum Gasteiger partial charge on any atom is 0.191 e. The Labute approximate surface area is 173 Å². The molecule has 0 radical (unpaired) electrons. The molecule has 0 aromatic heterocycles. The number of benzene rings is 2. The molecule has 0 saturated carbocycles. The number of nitrogens with zero attached hydrogens (tertiary/aromatic N) is 2. The maximum atomic E-state index is 9.72. The van der Waals surface area contributed by atoms with E-state index in [1.807, 2.05) is 12.1 Å². The summed E-state index contributed by atoms with van der Waals surface area (Å²) in [7, 11) is 1.56. The van der Waals surface area contributed by atoms with Crippen LogP contribution in [0.15, 0.2) is 53.5 Å². The highest BCUT2D eigenvalue weighted by molar-refractivity contribution is 5.80. The van der Waals surface area contributed by atoms with Crippen molar-refractivity contribution in [3.05, 3.63) is 54.1 Å². The molecule has 156 valence electrons. The number of piperidine rings is 1. The highest BCUT2D eigenvalue weighted by Crippen LogP contribution is 2.26. The van der Waals surface area contributed by atoms with Crippen molar-refractivity contribution in [2.75, 3.05) is 38.2 Å². The second-order valence-electron chi connectivity index (χ2n) is 7.26. The van der Waals surface area contributed by atoms with Gasteiger partial charge in [-0.3, -0.25) is 4.99 Å². The Morgan fingerprint density at radius 1 is 1.17 bits per heavy atom. The quantitative estimate of drug-likeness (QED) is 0.495. The number of ether oxygens (including phenoxy) is 1. The molecule has 3 N–H and O–H groups in total. The summed E-state index contributed by atoms with van der Waals surface area (Å²) in [5.41, 5.74) is 2.39. The number of phenols is 1. The van der Waals surface area contributed by atoms with Gasteiger partial charge in [-0.2, -0.15) is 0 Å². The largest absolute Gasteiger partial charge is 0.504 e. The van der Waals surface area contributed by atoms with Gasteiger partial charge in [-0.05, 0) is 56.0 Å². The van der Waals surface area contributed by atoms with E-state index in [0.717, 1.165) is 50.4 Å². The Morgan fingerprint density at radius 2 is 1.93 bits per heavy atom. The molecule has 0 unspecified atom stereocenters. The molecule has 0 atom stereocenters. The molecule has 0 amide bonds. The first kappa shape index (κ1) is 20.8. The fourth-order valence-corrected chi connectivity index (χ4v) is 3.61. The number of guanidine groups is 1. The predicted molar refractivity (Wildman–Crippen MR) is 119 cm³/mol. The van der Waals surface area contributed by atoms with Gasteiger partial charge in [0.2, 0.25) is 0 Å². The van der Waals surface area contributed by atoms with Gasteiger partial charge in [-0.15, -0.1) is 0 Å². The van der Waals surface area contributed by atoms with E-state index in [-0.39, 0.29) is 5.75 Å². The van der Waals surface area contributed by atoms with Crippen LogP contribution in [0.5, 0.6) is 11.5 Å². The molecule has 6 nitrogen and oxygen atoms in total. The van der Waals surface area contributed by atoms with Gasteiger partial charge in [0.25, 0.3) is 0 Å². The lowest BCUT2D eigenvalue weighted by atomic mass is 10.0. The second-order valence-corrected chi connectivity index (χ2v) is 7.26. The molecule has 1 aliphatic heterocycles. The number of hydrogen-bond acceptors (Lipinski definition) is 4. The average Bonchev–Trinajstić information content (AvgIpc) is 2.76. The first-order valence-electron chi connectivity index (χ1n) is 10.4. The second kappa shape index (κ2) is 10.6. The van der Waals surface area contributed by atoms with Crippen molar-refractivity contribution in [3.63, 3.8) is 0 Å². The van der Waals surface area contributed by atoms with E-state index in [1.54, 1.807) is 13.2 Å². The van der Waals surface area contributed by atoms with Gasteiger partial charge in [0.1, 0.15) is 0 Å². The molecule has 1 fully saturated rings. The van der Waals surface area contributed by atoms with E-state index in [0.29, 0.717) is 18.3 Å². The van der Waals surface area contributed by atoms with Gasteiger partial charge in [0.15, 0.2) is 17.5 Å². The summed E-state index contributed by atoms with van der Waals surface area (Å²) < 4.78 is 5.18. The van der Waals surface area contributed by atoms with Crippen LogP contribution in [0.25, 0.3) is 0 Å². The van der Waals surface area contributed by atoms with E-state index < -0.39 is 0 Å². The SMILES string of the molecule is CCNC(=NCCc1ccc(O)c(OC)c1)NC1CCN(c2ccccc2)CC1. The first-order valence-corrected chi connectivity index (χ1v) is 10.4. The van der Waals surface area contributed by atoms with Crippen molar-refractivity contribution < 1.29 is 9.84 Å². The summed E-state index contributed by atoms with van der Waals surface area (Å²) in [4.78, 5) is 7.18. The lowest BCUT2D eigenvalue weighted by Crippen LogP contribution is -2.48. The molecule has 6 heteroatoms. The van der Waals surface area contributed by atoms with Crippen LogP contribution in [0.2, 0.25) is 0 Å². The Morgan fingerprint density at radius 3 is 2.62 bits per heavy atom. The van der Waals surface area contributed by atoms with E-state index in [9.17, 15) is 5.11 Å². The third-order valence-corrected chi connectivity index (χ3v) is 5.22. The summed E-state index contributed by atoms with van der Waals surface area (Å²) in [5.74, 6) is 1.54. The molecular formula is C23H32N4O2. The Hall–Kier alpha value is -2.89. The summed E-state index contributed by atoms with van der Waals surface area (Å²) in [6, 6.07) is 16.5. The zero-order valence-electron chi connectivity index (χ0n) is 17.4. The van der Waals surface area contributed by atoms with Gasteiger partial charge < -0.3 is 25.4 Å². The Bertz CT molecular complexity index is 787. The molecule has 0 spiro atoms. The van der Waals surface area contributed by atoms with Crippen molar-refractivity contribution in [1.82, 2.24) is 10.6 Å². The summed E-state index contributed by atoms with van der Waals surface area (Å²) in [6.45, 7) is 5.69. The van der Waals surface area contributed by atoms with Crippen molar-refractivity contribution in [2.45, 2.75) is 32.2 Å². The summed E-state index contributed by atoms with van der Waals surface area (Å²) in [6.07, 6.45) is 2.97. The Kier molecular flexibility index (Phi) is 7.61. The van der Waals surface area contributed by atoms with Crippen LogP contribution in [0.1, 0.15) is 25.3 Å². The zero-order valence-corrected chi connectivity index (χ0v) is 17.4. The van der Waals surface area contributed by atoms with Crippen molar-refractivity contribution in [3.8, 4) is 11.5 Å². The molecule has 1 aliphatic rings. The van der Waals surface area contributed by atoms with Crippen LogP contribution in [-0.2, 0) is 6.42 Å². The van der Waals surface area contributed by atoms with Crippen molar-refractivity contribution >= 4 is 11.6 Å². The van der Waals surface area contributed by atoms with Gasteiger partial charge in [-0.25, -0.2) is 0 Å². The number of phenolic OH excluding ortho intramolecular Hbond substituents is 1. The normalized spacial score (nSPS) is 15.2. The minimum absolute atomic E-state index is 0.164. The van der Waals surface area contributed by atoms with E-state index in [1.165, 1.54) is 5.69 Å². The highest BCUT2D eigenvalue weighted by atomic mass is 16.5. The number of para-hydroxylation sites is 1. The van der Waals surface area contributed by atoms with Crippen molar-refractivity contribution in [2.24, 2.45) is 4.99 Å². The van der Waals surface area contributed by atoms with Crippen LogP contribution in [0, 0.1) is 0 Å². The molecule has 0 bridgehead atoms. The molecular weight excluding hydrogens is 364 g/mol. The third-order valence-electron chi connectivity index (χ3n) is 5.22. The molecule has 29 heavy (non-hydrogen) atoms. The van der Waals surface area contributed by atoms with Gasteiger partial charge >= 0.3 is 0 Å². The molecule has 2 aromatic rings. The first-order chi connectivity index (χ1) is 14.2. The van der Waals surface area contributed by atoms with Crippen LogP contribution in [0.4, 0.5) is 5.69 Å². The van der Waals surface area contributed by atoms with E-state index in [2.05, 4.69) is 52.8 Å². The lowest BCUT2D eigenvalue weighted by Gasteiger charge is -2.34.